The first-order chi connectivity index (χ1) is 17.0. The zero-order valence-corrected chi connectivity index (χ0v) is 18.5. The zero-order valence-electron chi connectivity index (χ0n) is 18.5. The molecule has 1 saturated heterocycles. The van der Waals surface area contributed by atoms with Gasteiger partial charge in [-0.3, -0.25) is 23.9 Å². The normalized spacial score (nSPS) is 19.1. The van der Waals surface area contributed by atoms with Crippen LogP contribution in [0.3, 0.4) is 0 Å². The van der Waals surface area contributed by atoms with Gasteiger partial charge in [0.2, 0.25) is 11.3 Å². The number of fused-ring (bicyclic) bond motifs is 1. The second kappa shape index (κ2) is 8.66. The molecule has 0 spiro atoms. The fourth-order valence-corrected chi connectivity index (χ4v) is 4.25. The number of halogens is 4. The standard InChI is InChI=1S/C23H19F4N5O4/c24-15-2-1-7-28-21(15)32-10-14(22(36)30-19(11-3-4-11)23(25,26)27)18(35)13-5-6-16(29-20(13)32)31-9-12(33)8-17(31)34/h1-2,5-7,10-12,19,33H,3-4,8-9H2,(H,30,36)/t12-,19?/m0/s1. The molecule has 4 heterocycles. The predicted molar refractivity (Wildman–Crippen MR) is 118 cm³/mol. The minimum absolute atomic E-state index is 0.0417. The van der Waals surface area contributed by atoms with Crippen LogP contribution in [0.1, 0.15) is 29.6 Å². The summed E-state index contributed by atoms with van der Waals surface area (Å²) in [6, 6.07) is 2.82. The van der Waals surface area contributed by atoms with Gasteiger partial charge in [0.05, 0.1) is 24.5 Å². The number of hydrogen-bond donors (Lipinski definition) is 2. The molecule has 0 aromatic carbocycles. The van der Waals surface area contributed by atoms with Gasteiger partial charge >= 0.3 is 6.18 Å². The van der Waals surface area contributed by atoms with E-state index in [0.717, 1.165) is 16.8 Å². The summed E-state index contributed by atoms with van der Waals surface area (Å²) in [6.45, 7) is -0.0417. The number of rotatable bonds is 5. The predicted octanol–water partition coefficient (Wildman–Crippen LogP) is 2.09. The van der Waals surface area contributed by atoms with Gasteiger partial charge in [0.15, 0.2) is 17.3 Å². The number of nitrogens with one attached hydrogen (secondary N) is 1. The van der Waals surface area contributed by atoms with E-state index in [9.17, 15) is 37.1 Å². The number of carbonyl (C=O) groups excluding carboxylic acids is 2. The van der Waals surface area contributed by atoms with Crippen molar-refractivity contribution < 1.29 is 32.3 Å². The van der Waals surface area contributed by atoms with Crippen LogP contribution in [0.25, 0.3) is 16.9 Å². The first-order valence-corrected chi connectivity index (χ1v) is 11.1. The second-order valence-electron chi connectivity index (χ2n) is 8.78. The minimum Gasteiger partial charge on any atom is -0.391 e. The molecule has 2 N–H and O–H groups in total. The van der Waals surface area contributed by atoms with Crippen LogP contribution >= 0.6 is 0 Å². The first-order valence-electron chi connectivity index (χ1n) is 11.1. The largest absolute Gasteiger partial charge is 0.408 e. The Hall–Kier alpha value is -3.87. The van der Waals surface area contributed by atoms with Gasteiger partial charge in [-0.15, -0.1) is 0 Å². The van der Waals surface area contributed by atoms with Crippen molar-refractivity contribution in [3.8, 4) is 5.82 Å². The Morgan fingerprint density at radius 2 is 1.94 bits per heavy atom. The highest BCUT2D eigenvalue weighted by molar-refractivity contribution is 5.99. The maximum atomic E-state index is 14.7. The molecule has 13 heteroatoms. The molecule has 1 aliphatic carbocycles. The Bertz CT molecular complexity index is 1440. The molecule has 0 bridgehead atoms. The number of alkyl halides is 3. The average molecular weight is 505 g/mol. The average Bonchev–Trinajstić information content (AvgIpc) is 3.60. The highest BCUT2D eigenvalue weighted by Gasteiger charge is 2.50. The van der Waals surface area contributed by atoms with Gasteiger partial charge in [0.1, 0.15) is 17.4 Å². The summed E-state index contributed by atoms with van der Waals surface area (Å²) in [7, 11) is 0. The lowest BCUT2D eigenvalue weighted by Gasteiger charge is -2.22. The van der Waals surface area contributed by atoms with Crippen LogP contribution in [0.15, 0.2) is 41.5 Å². The topological polar surface area (TPSA) is 117 Å². The van der Waals surface area contributed by atoms with Gasteiger partial charge in [0, 0.05) is 12.4 Å². The van der Waals surface area contributed by atoms with Crippen molar-refractivity contribution in [2.75, 3.05) is 11.4 Å². The van der Waals surface area contributed by atoms with E-state index in [-0.39, 0.29) is 35.6 Å². The molecule has 1 unspecified atom stereocenters. The number of aliphatic hydroxyl groups is 1. The summed E-state index contributed by atoms with van der Waals surface area (Å²) >= 11 is 0. The third-order valence-electron chi connectivity index (χ3n) is 6.16. The molecular weight excluding hydrogens is 486 g/mol. The fourth-order valence-electron chi connectivity index (χ4n) is 4.25. The molecule has 0 radical (unpaired) electrons. The van der Waals surface area contributed by atoms with Crippen molar-refractivity contribution >= 4 is 28.7 Å². The Kier molecular flexibility index (Phi) is 5.74. The van der Waals surface area contributed by atoms with E-state index in [1.807, 2.05) is 5.32 Å². The van der Waals surface area contributed by atoms with E-state index in [0.29, 0.717) is 12.8 Å². The maximum absolute atomic E-state index is 14.7. The molecule has 9 nitrogen and oxygen atoms in total. The molecule has 5 rings (SSSR count). The summed E-state index contributed by atoms with van der Waals surface area (Å²) in [5.74, 6) is -3.59. The zero-order chi connectivity index (χ0) is 25.8. The Morgan fingerprint density at radius 3 is 2.56 bits per heavy atom. The lowest BCUT2D eigenvalue weighted by molar-refractivity contribution is -0.158. The van der Waals surface area contributed by atoms with Crippen molar-refractivity contribution in [1.29, 1.82) is 0 Å². The summed E-state index contributed by atoms with van der Waals surface area (Å²) in [5.41, 5.74) is -1.74. The van der Waals surface area contributed by atoms with Crippen LogP contribution in [0.5, 0.6) is 0 Å². The Labute approximate surface area is 200 Å². The third kappa shape index (κ3) is 4.30. The van der Waals surface area contributed by atoms with E-state index in [2.05, 4.69) is 9.97 Å². The fraction of sp³-hybridized carbons (Fsp3) is 0.348. The van der Waals surface area contributed by atoms with Gasteiger partial charge in [-0.05, 0) is 43.0 Å². The maximum Gasteiger partial charge on any atom is 0.408 e. The van der Waals surface area contributed by atoms with Crippen LogP contribution < -0.4 is 15.6 Å². The van der Waals surface area contributed by atoms with Crippen molar-refractivity contribution in [3.05, 3.63) is 58.3 Å². The number of pyridine rings is 3. The molecule has 36 heavy (non-hydrogen) atoms. The lowest BCUT2D eigenvalue weighted by atomic mass is 10.1. The number of carbonyl (C=O) groups is 2. The SMILES string of the molecule is O=C(NC(C1CC1)C(F)(F)F)c1cn(-c2ncccc2F)c2nc(N3C[C@@H](O)CC3=O)ccc2c1=O. The minimum atomic E-state index is -4.71. The summed E-state index contributed by atoms with van der Waals surface area (Å²) in [4.78, 5) is 47.7. The van der Waals surface area contributed by atoms with Gasteiger partial charge in [-0.2, -0.15) is 13.2 Å². The summed E-state index contributed by atoms with van der Waals surface area (Å²) in [5, 5.41) is 11.5. The number of anilines is 1. The highest BCUT2D eigenvalue weighted by Crippen LogP contribution is 2.40. The molecule has 3 aromatic heterocycles. The van der Waals surface area contributed by atoms with E-state index >= 15 is 0 Å². The van der Waals surface area contributed by atoms with Gasteiger partial charge < -0.3 is 10.4 Å². The highest BCUT2D eigenvalue weighted by atomic mass is 19.4. The number of amides is 2. The second-order valence-corrected chi connectivity index (χ2v) is 8.78. The van der Waals surface area contributed by atoms with E-state index in [4.69, 9.17) is 0 Å². The number of hydrogen-bond acceptors (Lipinski definition) is 6. The van der Waals surface area contributed by atoms with Crippen LogP contribution in [0, 0.1) is 11.7 Å². The Morgan fingerprint density at radius 1 is 1.19 bits per heavy atom. The van der Waals surface area contributed by atoms with E-state index in [1.165, 1.54) is 29.3 Å². The number of aromatic nitrogens is 3. The van der Waals surface area contributed by atoms with Crippen LogP contribution in [0.2, 0.25) is 0 Å². The van der Waals surface area contributed by atoms with Crippen molar-refractivity contribution in [1.82, 2.24) is 19.9 Å². The van der Waals surface area contributed by atoms with Crippen LogP contribution in [-0.4, -0.2) is 56.3 Å². The molecule has 2 fully saturated rings. The monoisotopic (exact) mass is 505 g/mol. The van der Waals surface area contributed by atoms with E-state index < -0.39 is 52.9 Å². The number of nitrogens with zero attached hydrogens (tertiary/aromatic N) is 4. The van der Waals surface area contributed by atoms with Crippen molar-refractivity contribution in [2.24, 2.45) is 5.92 Å². The quantitative estimate of drug-likeness (QED) is 0.513. The molecule has 1 aliphatic heterocycles. The van der Waals surface area contributed by atoms with Gasteiger partial charge in [-0.25, -0.2) is 14.4 Å². The van der Waals surface area contributed by atoms with Crippen LogP contribution in [-0.2, 0) is 4.79 Å². The number of aliphatic hydroxyl groups excluding tert-OH is 1. The molecule has 2 aliphatic rings. The third-order valence-corrected chi connectivity index (χ3v) is 6.16. The van der Waals surface area contributed by atoms with E-state index in [1.54, 1.807) is 0 Å². The van der Waals surface area contributed by atoms with Crippen LogP contribution in [0.4, 0.5) is 23.4 Å². The summed E-state index contributed by atoms with van der Waals surface area (Å²) in [6.07, 6.45) is -3.01. The number of β-amino-alcohol motifs (C(OH)–C–C–N with tert-alkyl or cyclic N) is 1. The molecule has 1 saturated carbocycles. The van der Waals surface area contributed by atoms with Gasteiger partial charge in [0.25, 0.3) is 5.91 Å². The smallest absolute Gasteiger partial charge is 0.391 e. The molecular formula is C23H19F4N5O4. The van der Waals surface area contributed by atoms with Crippen molar-refractivity contribution in [3.63, 3.8) is 0 Å². The Balaban J connectivity index is 1.66. The molecule has 2 amide bonds. The van der Waals surface area contributed by atoms with Gasteiger partial charge in [-0.1, -0.05) is 0 Å². The lowest BCUT2D eigenvalue weighted by Crippen LogP contribution is -2.48. The summed E-state index contributed by atoms with van der Waals surface area (Å²) < 4.78 is 56.1. The molecule has 2 atom stereocenters. The van der Waals surface area contributed by atoms with Crippen molar-refractivity contribution in [2.45, 2.75) is 37.6 Å². The molecule has 188 valence electrons. The molecule has 3 aromatic rings. The first kappa shape index (κ1) is 23.9.